The average molecular weight is 317 g/mol. The van der Waals surface area contributed by atoms with E-state index in [0.717, 1.165) is 5.69 Å². The zero-order chi connectivity index (χ0) is 15.9. The fraction of sp³-hybridized carbons (Fsp3) is 0.143. The second-order valence-corrected chi connectivity index (χ2v) is 5.11. The van der Waals surface area contributed by atoms with Crippen LogP contribution in [0.25, 0.3) is 0 Å². The molecular weight excluding hydrogens is 302 g/mol. The first-order valence-electron chi connectivity index (χ1n) is 6.32. The Kier molecular flexibility index (Phi) is 5.21. The third-order valence-corrected chi connectivity index (χ3v) is 3.36. The minimum atomic E-state index is -0.708. The number of aromatic nitrogens is 1. The summed E-state index contributed by atoms with van der Waals surface area (Å²) in [5, 5.41) is 8.71. The summed E-state index contributed by atoms with van der Waals surface area (Å²) in [4.78, 5) is 24.2. The Morgan fingerprint density at radius 1 is 1.41 bits per heavy atom. The number of anilines is 1. The van der Waals surface area contributed by atoms with Crippen LogP contribution in [0.1, 0.15) is 11.3 Å². The molecule has 0 aliphatic heterocycles. The van der Waals surface area contributed by atoms with Gasteiger partial charge in [0.1, 0.15) is 12.8 Å². The van der Waals surface area contributed by atoms with E-state index < -0.39 is 5.91 Å². The number of carbonyl (C=O) groups excluding carboxylic acids is 1. The molecular formula is C14H15N5O2S. The molecule has 0 saturated carbocycles. The Labute approximate surface area is 131 Å². The van der Waals surface area contributed by atoms with E-state index in [1.165, 1.54) is 30.3 Å². The number of primary amides is 1. The number of carbonyl (C=O) groups is 1. The molecule has 22 heavy (non-hydrogen) atoms. The first-order chi connectivity index (χ1) is 10.6. The number of hydrogen-bond acceptors (Lipinski definition) is 6. The van der Waals surface area contributed by atoms with E-state index in [0.29, 0.717) is 10.8 Å². The average Bonchev–Trinajstić information content (AvgIpc) is 2.95. The molecule has 0 unspecified atom stereocenters. The Bertz CT molecular complexity index is 706. The Hall–Kier alpha value is -2.74. The van der Waals surface area contributed by atoms with Crippen LogP contribution in [0.3, 0.4) is 0 Å². The molecule has 0 bridgehead atoms. The zero-order valence-corrected chi connectivity index (χ0v) is 12.9. The summed E-state index contributed by atoms with van der Waals surface area (Å²) < 4.78 is 0. The molecule has 0 aliphatic carbocycles. The summed E-state index contributed by atoms with van der Waals surface area (Å²) in [6.07, 6.45) is 1.53. The molecule has 1 aromatic carbocycles. The van der Waals surface area contributed by atoms with Gasteiger partial charge in [-0.2, -0.15) is 0 Å². The van der Waals surface area contributed by atoms with Gasteiger partial charge in [-0.1, -0.05) is 22.9 Å². The number of aliphatic imine (C=N–C) groups is 1. The van der Waals surface area contributed by atoms with Gasteiger partial charge < -0.3 is 15.9 Å². The van der Waals surface area contributed by atoms with Gasteiger partial charge in [-0.15, -0.1) is 11.3 Å². The van der Waals surface area contributed by atoms with Gasteiger partial charge in [0.25, 0.3) is 5.91 Å². The highest BCUT2D eigenvalue weighted by Gasteiger charge is 2.15. The topological polar surface area (TPSA) is 102 Å². The molecule has 0 saturated heterocycles. The van der Waals surface area contributed by atoms with Crippen LogP contribution in [0.15, 0.2) is 39.8 Å². The quantitative estimate of drug-likeness (QED) is 0.483. The summed E-state index contributed by atoms with van der Waals surface area (Å²) in [5.74, 6) is -0.708. The van der Waals surface area contributed by atoms with E-state index in [1.54, 1.807) is 5.38 Å². The molecule has 114 valence electrons. The van der Waals surface area contributed by atoms with E-state index in [-0.39, 0.29) is 5.71 Å². The number of thiazole rings is 1. The van der Waals surface area contributed by atoms with Gasteiger partial charge in [-0.3, -0.25) is 4.79 Å². The van der Waals surface area contributed by atoms with Crippen molar-refractivity contribution in [2.75, 3.05) is 12.4 Å². The third kappa shape index (κ3) is 4.13. The number of aryl methyl sites for hydroxylation is 1. The standard InChI is InChI=1S/C14H15N5O2S/c1-9-3-5-10(6-4-9)16-8-17-14-18-11(7-22-14)12(13(15)20)19-21-2/h3-8H,1-2H3,(H2,15,20)(H,16,17,18). The summed E-state index contributed by atoms with van der Waals surface area (Å²) in [6.45, 7) is 2.02. The molecule has 0 aliphatic rings. The molecule has 2 aromatic rings. The lowest BCUT2D eigenvalue weighted by molar-refractivity contribution is -0.112. The number of nitrogens with zero attached hydrogens (tertiary/aromatic N) is 3. The SMILES string of the molecule is CON=C(C(N)=O)c1csc(N=CNc2ccc(C)cc2)n1. The summed E-state index contributed by atoms with van der Waals surface area (Å²) in [7, 11) is 1.33. The molecule has 7 nitrogen and oxygen atoms in total. The number of rotatable bonds is 6. The van der Waals surface area contributed by atoms with Crippen molar-refractivity contribution in [1.29, 1.82) is 0 Å². The van der Waals surface area contributed by atoms with Crippen LogP contribution in [-0.4, -0.2) is 30.1 Å². The lowest BCUT2D eigenvalue weighted by atomic mass is 10.2. The van der Waals surface area contributed by atoms with Crippen molar-refractivity contribution in [3.05, 3.63) is 40.9 Å². The van der Waals surface area contributed by atoms with Gasteiger partial charge >= 0.3 is 0 Å². The van der Waals surface area contributed by atoms with Crippen LogP contribution >= 0.6 is 11.3 Å². The lowest BCUT2D eigenvalue weighted by Gasteiger charge is -1.99. The second-order valence-electron chi connectivity index (χ2n) is 4.27. The van der Waals surface area contributed by atoms with Gasteiger partial charge in [0.05, 0.1) is 6.34 Å². The van der Waals surface area contributed by atoms with E-state index in [9.17, 15) is 4.79 Å². The summed E-state index contributed by atoms with van der Waals surface area (Å²) >= 11 is 1.27. The minimum absolute atomic E-state index is 0.0355. The van der Waals surface area contributed by atoms with Gasteiger partial charge in [-0.05, 0) is 19.1 Å². The first kappa shape index (κ1) is 15.6. The molecule has 2 rings (SSSR count). The van der Waals surface area contributed by atoms with Crippen LogP contribution in [0.4, 0.5) is 10.8 Å². The van der Waals surface area contributed by atoms with E-state index >= 15 is 0 Å². The van der Waals surface area contributed by atoms with Crippen molar-refractivity contribution < 1.29 is 9.63 Å². The highest BCUT2D eigenvalue weighted by Crippen LogP contribution is 2.19. The van der Waals surface area contributed by atoms with Gasteiger partial charge in [-0.25, -0.2) is 9.98 Å². The molecule has 0 atom stereocenters. The molecule has 0 radical (unpaired) electrons. The molecule has 1 aromatic heterocycles. The van der Waals surface area contributed by atoms with Crippen molar-refractivity contribution in [2.45, 2.75) is 6.92 Å². The molecule has 0 fully saturated rings. The Balaban J connectivity index is 2.05. The van der Waals surface area contributed by atoms with Crippen LogP contribution < -0.4 is 11.1 Å². The highest BCUT2D eigenvalue weighted by molar-refractivity contribution is 7.13. The molecule has 0 spiro atoms. The first-order valence-corrected chi connectivity index (χ1v) is 7.20. The largest absolute Gasteiger partial charge is 0.398 e. The number of amides is 1. The molecule has 8 heteroatoms. The lowest BCUT2D eigenvalue weighted by Crippen LogP contribution is -2.24. The zero-order valence-electron chi connectivity index (χ0n) is 12.1. The molecule has 3 N–H and O–H groups in total. The van der Waals surface area contributed by atoms with Gasteiger partial charge in [0.15, 0.2) is 5.71 Å². The van der Waals surface area contributed by atoms with Crippen molar-refractivity contribution in [1.82, 2.24) is 4.98 Å². The fourth-order valence-electron chi connectivity index (χ4n) is 1.55. The van der Waals surface area contributed by atoms with Crippen LogP contribution in [0, 0.1) is 6.92 Å². The number of hydrogen-bond donors (Lipinski definition) is 2. The van der Waals surface area contributed by atoms with Crippen LogP contribution in [0.5, 0.6) is 0 Å². The van der Waals surface area contributed by atoms with Crippen molar-refractivity contribution >= 4 is 40.1 Å². The normalized spacial score (nSPS) is 11.6. The van der Waals surface area contributed by atoms with E-state index in [2.05, 4.69) is 25.3 Å². The Morgan fingerprint density at radius 2 is 2.14 bits per heavy atom. The maximum Gasteiger partial charge on any atom is 0.273 e. The smallest absolute Gasteiger partial charge is 0.273 e. The van der Waals surface area contributed by atoms with Gasteiger partial charge in [0.2, 0.25) is 5.13 Å². The predicted octanol–water partition coefficient (Wildman–Crippen LogP) is 2.06. The monoisotopic (exact) mass is 317 g/mol. The summed E-state index contributed by atoms with van der Waals surface area (Å²) in [6, 6.07) is 7.90. The van der Waals surface area contributed by atoms with Gasteiger partial charge in [0, 0.05) is 11.1 Å². The molecule has 1 amide bonds. The van der Waals surface area contributed by atoms with Crippen LogP contribution in [-0.2, 0) is 9.63 Å². The number of oxime groups is 1. The maximum absolute atomic E-state index is 11.3. The highest BCUT2D eigenvalue weighted by atomic mass is 32.1. The second kappa shape index (κ2) is 7.32. The number of nitrogens with one attached hydrogen (secondary N) is 1. The summed E-state index contributed by atoms with van der Waals surface area (Å²) in [5.41, 5.74) is 7.62. The van der Waals surface area contributed by atoms with Crippen molar-refractivity contribution in [3.63, 3.8) is 0 Å². The number of benzene rings is 1. The van der Waals surface area contributed by atoms with Crippen molar-refractivity contribution in [2.24, 2.45) is 15.9 Å². The minimum Gasteiger partial charge on any atom is -0.398 e. The third-order valence-electron chi connectivity index (χ3n) is 2.61. The van der Waals surface area contributed by atoms with E-state index in [1.807, 2.05) is 31.2 Å². The maximum atomic E-state index is 11.3. The van der Waals surface area contributed by atoms with E-state index in [4.69, 9.17) is 5.73 Å². The van der Waals surface area contributed by atoms with Crippen molar-refractivity contribution in [3.8, 4) is 0 Å². The molecule has 1 heterocycles. The number of nitrogens with two attached hydrogens (primary N) is 1. The van der Waals surface area contributed by atoms with Crippen LogP contribution in [0.2, 0.25) is 0 Å². The predicted molar refractivity (Wildman–Crippen MR) is 87.8 cm³/mol. The Morgan fingerprint density at radius 3 is 2.77 bits per heavy atom. The fourth-order valence-corrected chi connectivity index (χ4v) is 2.20.